The molecule has 288 valence electrons. The van der Waals surface area contributed by atoms with Gasteiger partial charge in [0, 0.05) is 49.4 Å². The fraction of sp³-hybridized carbons (Fsp3) is 0.622. The Morgan fingerprint density at radius 2 is 0.627 bits per heavy atom. The van der Waals surface area contributed by atoms with Gasteiger partial charge in [-0.05, 0) is 40.5 Å². The lowest BCUT2D eigenvalue weighted by Gasteiger charge is -2.31. The molecule has 0 unspecified atom stereocenters. The quantitative estimate of drug-likeness (QED) is 0.0475. The van der Waals surface area contributed by atoms with E-state index in [0.29, 0.717) is 25.7 Å². The molecule has 0 amide bonds. The summed E-state index contributed by atoms with van der Waals surface area (Å²) in [5.74, 6) is -3.57. The van der Waals surface area contributed by atoms with Gasteiger partial charge in [0.15, 0.2) is 0 Å². The van der Waals surface area contributed by atoms with E-state index < -0.39 is 46.6 Å². The molecule has 14 nitrogen and oxygen atoms in total. The highest BCUT2D eigenvalue weighted by Gasteiger charge is 2.37. The van der Waals surface area contributed by atoms with Crippen LogP contribution in [0.5, 0.6) is 0 Å². The number of carbonyl (C=O) groups is 6. The lowest BCUT2D eigenvalue weighted by atomic mass is 9.92. The van der Waals surface area contributed by atoms with Crippen molar-refractivity contribution in [2.24, 2.45) is 10.8 Å². The van der Waals surface area contributed by atoms with Crippen LogP contribution < -0.4 is 0 Å². The number of rotatable bonds is 28. The van der Waals surface area contributed by atoms with Crippen LogP contribution in [0.4, 0.5) is 0 Å². The molecular formula is C37H56O14. The van der Waals surface area contributed by atoms with Crippen LogP contribution in [0.25, 0.3) is 0 Å². The highest BCUT2D eigenvalue weighted by atomic mass is 16.6. The van der Waals surface area contributed by atoms with Gasteiger partial charge in [-0.15, -0.1) is 0 Å². The average Bonchev–Trinajstić information content (AvgIpc) is 3.08. The van der Waals surface area contributed by atoms with Gasteiger partial charge in [-0.25, -0.2) is 19.2 Å². The summed E-state index contributed by atoms with van der Waals surface area (Å²) in [5.41, 5.74) is -1.59. The maximum Gasteiger partial charge on any atom is 0.333 e. The number of hydrogen-bond acceptors (Lipinski definition) is 14. The van der Waals surface area contributed by atoms with Crippen LogP contribution in [0.1, 0.15) is 72.6 Å². The molecule has 0 heterocycles. The summed E-state index contributed by atoms with van der Waals surface area (Å²) in [7, 11) is 2.84. The topological polar surface area (TPSA) is 176 Å². The van der Waals surface area contributed by atoms with Crippen molar-refractivity contribution in [2.75, 3.05) is 67.1 Å². The molecule has 0 atom stereocenters. The van der Waals surface area contributed by atoms with Gasteiger partial charge in [0.05, 0.1) is 24.0 Å². The molecule has 0 fully saturated rings. The van der Waals surface area contributed by atoms with Gasteiger partial charge in [0.2, 0.25) is 0 Å². The highest BCUT2D eigenvalue weighted by molar-refractivity contribution is 5.88. The van der Waals surface area contributed by atoms with Gasteiger partial charge in [-0.3, -0.25) is 9.59 Å². The summed E-state index contributed by atoms with van der Waals surface area (Å²) in [6.07, 6.45) is 3.43. The molecule has 0 bridgehead atoms. The Morgan fingerprint density at radius 3 is 0.863 bits per heavy atom. The van der Waals surface area contributed by atoms with Crippen molar-refractivity contribution in [3.63, 3.8) is 0 Å². The van der Waals surface area contributed by atoms with Crippen molar-refractivity contribution in [2.45, 2.75) is 72.6 Å². The summed E-state index contributed by atoms with van der Waals surface area (Å²) in [6.45, 7) is 18.6. The average molecular weight is 725 g/mol. The molecule has 0 N–H and O–H groups in total. The second kappa shape index (κ2) is 24.8. The Bertz CT molecular complexity index is 1090. The summed E-state index contributed by atoms with van der Waals surface area (Å²) in [4.78, 5) is 73.2. The van der Waals surface area contributed by atoms with Gasteiger partial charge >= 0.3 is 35.8 Å². The van der Waals surface area contributed by atoms with E-state index in [1.165, 1.54) is 41.9 Å². The molecular weight excluding hydrogens is 668 g/mol. The lowest BCUT2D eigenvalue weighted by Crippen LogP contribution is -2.43. The predicted molar refractivity (Wildman–Crippen MR) is 186 cm³/mol. The third kappa shape index (κ3) is 20.2. The largest absolute Gasteiger partial charge is 0.465 e. The van der Waals surface area contributed by atoms with Crippen LogP contribution in [0.15, 0.2) is 48.6 Å². The maximum absolute atomic E-state index is 12.6. The molecule has 0 aliphatic rings. The minimum absolute atomic E-state index is 0.0338. The van der Waals surface area contributed by atoms with E-state index in [0.717, 1.165) is 6.42 Å². The number of methoxy groups -OCH3 is 2. The molecule has 0 saturated carbocycles. The van der Waals surface area contributed by atoms with E-state index in [4.69, 9.17) is 37.9 Å². The number of ether oxygens (including phenoxy) is 8. The fourth-order valence-corrected chi connectivity index (χ4v) is 4.16. The Balaban J connectivity index is 4.90. The fourth-order valence-electron chi connectivity index (χ4n) is 4.16. The van der Waals surface area contributed by atoms with E-state index in [9.17, 15) is 28.8 Å². The van der Waals surface area contributed by atoms with E-state index >= 15 is 0 Å². The van der Waals surface area contributed by atoms with Gasteiger partial charge < -0.3 is 37.9 Å². The number of esters is 6. The van der Waals surface area contributed by atoms with Crippen molar-refractivity contribution < 1.29 is 66.7 Å². The van der Waals surface area contributed by atoms with Crippen LogP contribution in [0.2, 0.25) is 0 Å². The third-order valence-corrected chi connectivity index (χ3v) is 7.17. The Morgan fingerprint density at radius 1 is 0.392 bits per heavy atom. The summed E-state index contributed by atoms with van der Waals surface area (Å²) < 4.78 is 42.7. The van der Waals surface area contributed by atoms with Gasteiger partial charge in [0.1, 0.15) is 39.6 Å². The first-order chi connectivity index (χ1) is 23.9. The molecule has 0 rings (SSSR count). The predicted octanol–water partition coefficient (Wildman–Crippen LogP) is 4.55. The minimum atomic E-state index is -1.15. The van der Waals surface area contributed by atoms with Crippen molar-refractivity contribution >= 4 is 35.8 Å². The van der Waals surface area contributed by atoms with Crippen molar-refractivity contribution in [1.82, 2.24) is 0 Å². The van der Waals surface area contributed by atoms with Crippen LogP contribution >= 0.6 is 0 Å². The van der Waals surface area contributed by atoms with E-state index in [1.54, 1.807) is 0 Å². The monoisotopic (exact) mass is 724 g/mol. The zero-order valence-electron chi connectivity index (χ0n) is 31.2. The van der Waals surface area contributed by atoms with Gasteiger partial charge in [0.25, 0.3) is 0 Å². The van der Waals surface area contributed by atoms with Crippen LogP contribution in [0, 0.1) is 10.8 Å². The zero-order chi connectivity index (χ0) is 39.0. The van der Waals surface area contributed by atoms with E-state index in [2.05, 4.69) is 26.3 Å². The summed E-state index contributed by atoms with van der Waals surface area (Å²) >= 11 is 0. The third-order valence-electron chi connectivity index (χ3n) is 7.17. The Hall–Kier alpha value is -4.30. The molecule has 0 aromatic carbocycles. The van der Waals surface area contributed by atoms with Crippen LogP contribution in [-0.4, -0.2) is 103 Å². The van der Waals surface area contributed by atoms with Crippen molar-refractivity contribution in [1.29, 1.82) is 0 Å². The normalized spacial score (nSPS) is 11.1. The van der Waals surface area contributed by atoms with Crippen LogP contribution in [-0.2, 0) is 66.7 Å². The smallest absolute Gasteiger partial charge is 0.333 e. The molecule has 14 heteroatoms. The molecule has 0 spiro atoms. The first-order valence-corrected chi connectivity index (χ1v) is 16.5. The summed E-state index contributed by atoms with van der Waals surface area (Å²) in [5, 5.41) is 0. The molecule has 0 saturated heterocycles. The minimum Gasteiger partial charge on any atom is -0.465 e. The SMILES string of the molecule is C=C(C)C(=O)OCC(COC)(COC(=O)CCCCCCCC(=O)OCC(COC)(COC(=O)C(=C)C)COC(=O)C(=C)C)COC(=O)C(=C)C. The standard InChI is InChI=1S/C37H56O14/c1-26(2)32(40)48-22-36(18-44-9,23-49-33(41)27(3)4)20-46-30(38)16-14-12-11-13-15-17-31(39)47-21-37(19-45-10,24-50-34(42)28(5)6)25-51-35(43)29(7)8/h1,3,5,7,11-25H2,2,4,6,8-10H3. The number of hydrogen-bond donors (Lipinski definition) is 0. The molecule has 0 aromatic heterocycles. The molecule has 51 heavy (non-hydrogen) atoms. The molecule has 0 aromatic rings. The molecule has 0 radical (unpaired) electrons. The van der Waals surface area contributed by atoms with Crippen molar-refractivity contribution in [3.05, 3.63) is 48.6 Å². The number of unbranched alkanes of at least 4 members (excludes halogenated alkanes) is 4. The Kier molecular flexibility index (Phi) is 22.7. The molecule has 0 aliphatic carbocycles. The Labute approximate surface area is 301 Å². The lowest BCUT2D eigenvalue weighted by molar-refractivity contribution is -0.165. The zero-order valence-corrected chi connectivity index (χ0v) is 31.2. The van der Waals surface area contributed by atoms with E-state index in [1.807, 2.05) is 0 Å². The maximum atomic E-state index is 12.6. The first kappa shape index (κ1) is 46.7. The van der Waals surface area contributed by atoms with Gasteiger partial charge in [-0.2, -0.15) is 0 Å². The van der Waals surface area contributed by atoms with Gasteiger partial charge in [-0.1, -0.05) is 45.6 Å². The van der Waals surface area contributed by atoms with Crippen LogP contribution in [0.3, 0.4) is 0 Å². The highest BCUT2D eigenvalue weighted by Crippen LogP contribution is 2.24. The van der Waals surface area contributed by atoms with Crippen molar-refractivity contribution in [3.8, 4) is 0 Å². The second-order valence-corrected chi connectivity index (χ2v) is 12.9. The summed E-state index contributed by atoms with van der Waals surface area (Å²) in [6, 6.07) is 0. The number of carbonyl (C=O) groups excluding carboxylic acids is 6. The molecule has 0 aliphatic heterocycles. The first-order valence-electron chi connectivity index (χ1n) is 16.5. The van der Waals surface area contributed by atoms with E-state index in [-0.39, 0.29) is 88.0 Å². The second-order valence-electron chi connectivity index (χ2n) is 12.9.